The van der Waals surface area contributed by atoms with Crippen LogP contribution in [0.4, 0.5) is 5.69 Å². The first kappa shape index (κ1) is 17.3. The second-order valence-corrected chi connectivity index (χ2v) is 6.63. The molecule has 1 aromatic rings. The summed E-state index contributed by atoms with van der Waals surface area (Å²) in [7, 11) is 0. The Kier molecular flexibility index (Phi) is 4.97. The van der Waals surface area contributed by atoms with Gasteiger partial charge >= 0.3 is 5.97 Å². The number of hydrogen-bond donors (Lipinski definition) is 1. The van der Waals surface area contributed by atoms with Crippen LogP contribution in [0, 0.1) is 5.92 Å². The highest BCUT2D eigenvalue weighted by atomic mass is 16.5. The number of benzene rings is 1. The molecule has 5 nitrogen and oxygen atoms in total. The van der Waals surface area contributed by atoms with Crippen molar-refractivity contribution in [2.24, 2.45) is 5.92 Å². The molecule has 1 heterocycles. The third-order valence-corrected chi connectivity index (χ3v) is 4.23. The Labute approximate surface area is 137 Å². The molecule has 23 heavy (non-hydrogen) atoms. The molecule has 1 aromatic carbocycles. The standard InChI is InChI=1S/C18H25NO4/c1-6-13(18(21)22)19-14-9-12(10(2)3)7-8-15(14)23-16(11(4)5)17(19)20/h7-11,13,16H,6H2,1-5H3,(H,21,22). The number of aliphatic carboxylic acids is 1. The summed E-state index contributed by atoms with van der Waals surface area (Å²) in [5.74, 6) is -0.444. The average molecular weight is 319 g/mol. The lowest BCUT2D eigenvalue weighted by atomic mass is 9.97. The van der Waals surface area contributed by atoms with Crippen LogP contribution < -0.4 is 9.64 Å². The van der Waals surface area contributed by atoms with E-state index >= 15 is 0 Å². The summed E-state index contributed by atoms with van der Waals surface area (Å²) in [5, 5.41) is 9.54. The van der Waals surface area contributed by atoms with Gasteiger partial charge in [-0.3, -0.25) is 9.69 Å². The molecule has 0 saturated carbocycles. The number of hydrogen-bond acceptors (Lipinski definition) is 3. The van der Waals surface area contributed by atoms with Gasteiger partial charge in [0.2, 0.25) is 0 Å². The maximum atomic E-state index is 12.9. The van der Waals surface area contributed by atoms with Gasteiger partial charge in [-0.25, -0.2) is 4.79 Å². The van der Waals surface area contributed by atoms with Gasteiger partial charge < -0.3 is 9.84 Å². The molecule has 1 N–H and O–H groups in total. The second kappa shape index (κ2) is 6.60. The van der Waals surface area contributed by atoms with Crippen LogP contribution >= 0.6 is 0 Å². The zero-order valence-electron chi connectivity index (χ0n) is 14.4. The molecule has 0 aromatic heterocycles. The monoisotopic (exact) mass is 319 g/mol. The molecule has 0 aliphatic carbocycles. The number of rotatable bonds is 5. The van der Waals surface area contributed by atoms with E-state index in [1.165, 1.54) is 4.90 Å². The zero-order chi connectivity index (χ0) is 17.3. The number of carbonyl (C=O) groups excluding carboxylic acids is 1. The molecule has 0 bridgehead atoms. The number of ether oxygens (including phenoxy) is 1. The first-order valence-electron chi connectivity index (χ1n) is 8.14. The van der Waals surface area contributed by atoms with Gasteiger partial charge in [0.05, 0.1) is 5.69 Å². The van der Waals surface area contributed by atoms with E-state index in [1.54, 1.807) is 6.92 Å². The Morgan fingerprint density at radius 3 is 2.43 bits per heavy atom. The number of carboxylic acid groups (broad SMARTS) is 1. The summed E-state index contributed by atoms with van der Waals surface area (Å²) in [6, 6.07) is 4.80. The molecule has 1 amide bonds. The van der Waals surface area contributed by atoms with E-state index in [-0.39, 0.29) is 17.7 Å². The van der Waals surface area contributed by atoms with Crippen molar-refractivity contribution in [1.82, 2.24) is 0 Å². The molecule has 1 aliphatic heterocycles. The minimum absolute atomic E-state index is 0.0331. The van der Waals surface area contributed by atoms with Crippen molar-refractivity contribution < 1.29 is 19.4 Å². The van der Waals surface area contributed by atoms with Crippen molar-refractivity contribution in [3.63, 3.8) is 0 Å². The third-order valence-electron chi connectivity index (χ3n) is 4.23. The van der Waals surface area contributed by atoms with Crippen molar-refractivity contribution in [2.75, 3.05) is 4.90 Å². The van der Waals surface area contributed by atoms with Crippen LogP contribution in [0.5, 0.6) is 5.75 Å². The molecular formula is C18H25NO4. The van der Waals surface area contributed by atoms with Gasteiger partial charge in [-0.15, -0.1) is 0 Å². The molecule has 2 atom stereocenters. The predicted molar refractivity (Wildman–Crippen MR) is 89.0 cm³/mol. The van der Waals surface area contributed by atoms with E-state index in [0.717, 1.165) is 5.56 Å². The maximum absolute atomic E-state index is 12.9. The SMILES string of the molecule is CCC(C(=O)O)N1C(=O)C(C(C)C)Oc2ccc(C(C)C)cc21. The molecule has 5 heteroatoms. The van der Waals surface area contributed by atoms with Crippen LogP contribution in [0.3, 0.4) is 0 Å². The normalized spacial score (nSPS) is 18.8. The molecule has 0 fully saturated rings. The van der Waals surface area contributed by atoms with Crippen LogP contribution in [0.1, 0.15) is 52.5 Å². The van der Waals surface area contributed by atoms with Gasteiger partial charge in [0.1, 0.15) is 11.8 Å². The van der Waals surface area contributed by atoms with Crippen molar-refractivity contribution >= 4 is 17.6 Å². The van der Waals surface area contributed by atoms with E-state index < -0.39 is 18.1 Å². The fourth-order valence-electron chi connectivity index (χ4n) is 2.83. The summed E-state index contributed by atoms with van der Waals surface area (Å²) < 4.78 is 5.86. The summed E-state index contributed by atoms with van der Waals surface area (Å²) in [6.07, 6.45) is -0.308. The quantitative estimate of drug-likeness (QED) is 0.903. The van der Waals surface area contributed by atoms with E-state index in [9.17, 15) is 14.7 Å². The highest BCUT2D eigenvalue weighted by Crippen LogP contribution is 2.39. The zero-order valence-corrected chi connectivity index (χ0v) is 14.4. The Morgan fingerprint density at radius 2 is 1.96 bits per heavy atom. The largest absolute Gasteiger partial charge is 0.480 e. The van der Waals surface area contributed by atoms with Gasteiger partial charge in [-0.1, -0.05) is 40.7 Å². The average Bonchev–Trinajstić information content (AvgIpc) is 2.48. The maximum Gasteiger partial charge on any atom is 0.326 e. The Balaban J connectivity index is 2.59. The van der Waals surface area contributed by atoms with Crippen molar-refractivity contribution in [1.29, 1.82) is 0 Å². The predicted octanol–water partition coefficient (Wildman–Crippen LogP) is 3.42. The smallest absolute Gasteiger partial charge is 0.326 e. The van der Waals surface area contributed by atoms with Gasteiger partial charge in [0, 0.05) is 0 Å². The van der Waals surface area contributed by atoms with Gasteiger partial charge in [0.25, 0.3) is 5.91 Å². The third kappa shape index (κ3) is 3.19. The fourth-order valence-corrected chi connectivity index (χ4v) is 2.83. The first-order chi connectivity index (χ1) is 10.8. The summed E-state index contributed by atoms with van der Waals surface area (Å²) in [6.45, 7) is 9.69. The van der Waals surface area contributed by atoms with Crippen molar-refractivity contribution in [3.05, 3.63) is 23.8 Å². The number of carboxylic acids is 1. The van der Waals surface area contributed by atoms with E-state index in [2.05, 4.69) is 13.8 Å². The van der Waals surface area contributed by atoms with Gasteiger partial charge in [-0.05, 0) is 36.0 Å². The van der Waals surface area contributed by atoms with E-state index in [4.69, 9.17) is 4.74 Å². The van der Waals surface area contributed by atoms with Crippen LogP contribution in [0.15, 0.2) is 18.2 Å². The number of amides is 1. The molecule has 0 radical (unpaired) electrons. The van der Waals surface area contributed by atoms with Gasteiger partial charge in [-0.2, -0.15) is 0 Å². The number of anilines is 1. The first-order valence-corrected chi connectivity index (χ1v) is 8.14. The second-order valence-electron chi connectivity index (χ2n) is 6.63. The Hall–Kier alpha value is -2.04. The number of fused-ring (bicyclic) bond motifs is 1. The molecule has 2 unspecified atom stereocenters. The summed E-state index contributed by atoms with van der Waals surface area (Å²) in [5.41, 5.74) is 1.61. The summed E-state index contributed by atoms with van der Waals surface area (Å²) >= 11 is 0. The minimum atomic E-state index is -0.994. The van der Waals surface area contributed by atoms with Crippen LogP contribution in [-0.2, 0) is 9.59 Å². The lowest BCUT2D eigenvalue weighted by molar-refractivity contribution is -0.141. The number of nitrogens with zero attached hydrogens (tertiary/aromatic N) is 1. The Morgan fingerprint density at radius 1 is 1.30 bits per heavy atom. The summed E-state index contributed by atoms with van der Waals surface area (Å²) in [4.78, 5) is 25.9. The minimum Gasteiger partial charge on any atom is -0.480 e. The lowest BCUT2D eigenvalue weighted by Crippen LogP contribution is -2.54. The molecule has 126 valence electrons. The fraction of sp³-hybridized carbons (Fsp3) is 0.556. The van der Waals surface area contributed by atoms with Crippen molar-refractivity contribution in [2.45, 2.75) is 59.1 Å². The van der Waals surface area contributed by atoms with Crippen LogP contribution in [-0.4, -0.2) is 29.1 Å². The number of carbonyl (C=O) groups is 2. The molecule has 1 aliphatic rings. The van der Waals surface area contributed by atoms with Crippen LogP contribution in [0.2, 0.25) is 0 Å². The van der Waals surface area contributed by atoms with Crippen LogP contribution in [0.25, 0.3) is 0 Å². The molecular weight excluding hydrogens is 294 g/mol. The molecule has 0 saturated heterocycles. The highest BCUT2D eigenvalue weighted by Gasteiger charge is 2.41. The molecule has 0 spiro atoms. The van der Waals surface area contributed by atoms with E-state index in [0.29, 0.717) is 17.9 Å². The molecule has 2 rings (SSSR count). The Bertz CT molecular complexity index is 609. The van der Waals surface area contributed by atoms with Crippen molar-refractivity contribution in [3.8, 4) is 5.75 Å². The highest BCUT2D eigenvalue weighted by molar-refractivity contribution is 6.04. The topological polar surface area (TPSA) is 66.8 Å². The van der Waals surface area contributed by atoms with Gasteiger partial charge in [0.15, 0.2) is 6.10 Å². The van der Waals surface area contributed by atoms with E-state index in [1.807, 2.05) is 32.0 Å². The lowest BCUT2D eigenvalue weighted by Gasteiger charge is -2.39.